The van der Waals surface area contributed by atoms with Crippen molar-refractivity contribution in [3.05, 3.63) is 53.6 Å². The van der Waals surface area contributed by atoms with Gasteiger partial charge < -0.3 is 20.0 Å². The molecule has 0 saturated carbocycles. The summed E-state index contributed by atoms with van der Waals surface area (Å²) in [5, 5.41) is 3.71. The molecule has 0 unspecified atom stereocenters. The predicted molar refractivity (Wildman–Crippen MR) is 105 cm³/mol. The molecular weight excluding hydrogens is 336 g/mol. The number of nitrogens with one attached hydrogen (secondary N) is 1. The Kier molecular flexibility index (Phi) is 5.34. The van der Waals surface area contributed by atoms with E-state index in [1.165, 1.54) is 0 Å². The Bertz CT molecular complexity index is 707. The lowest BCUT2D eigenvalue weighted by atomic mass is 10.2. The maximum Gasteiger partial charge on any atom is 0.321 e. The van der Waals surface area contributed by atoms with E-state index in [9.17, 15) is 4.79 Å². The smallest absolute Gasteiger partial charge is 0.321 e. The van der Waals surface area contributed by atoms with Gasteiger partial charge in [0.1, 0.15) is 0 Å². The van der Waals surface area contributed by atoms with Crippen LogP contribution in [0, 0.1) is 0 Å². The zero-order chi connectivity index (χ0) is 17.8. The summed E-state index contributed by atoms with van der Waals surface area (Å²) in [5.74, 6) is 0. The summed E-state index contributed by atoms with van der Waals surface area (Å²) in [5.41, 5.74) is 3.06. The van der Waals surface area contributed by atoms with E-state index < -0.39 is 0 Å². The standard InChI is InChI=1S/C19H23ClN4O/c1-22(2)17-9-5-16(6-10-17)21-19(25)24-13-11-23(12-14-24)18-7-3-15(20)4-8-18/h3-10H,11-14H2,1-2H3,(H,21,25). The van der Waals surface area contributed by atoms with E-state index in [1.807, 2.05) is 72.4 Å². The molecule has 1 aliphatic heterocycles. The Morgan fingerprint density at radius 3 is 2.12 bits per heavy atom. The van der Waals surface area contributed by atoms with Crippen molar-refractivity contribution in [2.75, 3.05) is 55.4 Å². The van der Waals surface area contributed by atoms with Crippen molar-refractivity contribution in [1.82, 2.24) is 4.90 Å². The van der Waals surface area contributed by atoms with Gasteiger partial charge in [0.25, 0.3) is 0 Å². The van der Waals surface area contributed by atoms with Crippen molar-refractivity contribution >= 4 is 34.7 Å². The quantitative estimate of drug-likeness (QED) is 0.908. The summed E-state index contributed by atoms with van der Waals surface area (Å²) >= 11 is 5.94. The third-order valence-corrected chi connectivity index (χ3v) is 4.65. The number of piperazine rings is 1. The topological polar surface area (TPSA) is 38.8 Å². The summed E-state index contributed by atoms with van der Waals surface area (Å²) in [6.45, 7) is 3.03. The number of nitrogens with zero attached hydrogens (tertiary/aromatic N) is 3. The average Bonchev–Trinajstić information content (AvgIpc) is 2.63. The molecule has 0 spiro atoms. The number of carbonyl (C=O) groups is 1. The predicted octanol–water partition coefficient (Wildman–Crippen LogP) is 3.76. The third kappa shape index (κ3) is 4.37. The van der Waals surface area contributed by atoms with Crippen molar-refractivity contribution in [3.8, 4) is 0 Å². The average molecular weight is 359 g/mol. The van der Waals surface area contributed by atoms with Crippen LogP contribution in [0.5, 0.6) is 0 Å². The molecule has 1 heterocycles. The van der Waals surface area contributed by atoms with Gasteiger partial charge in [-0.3, -0.25) is 0 Å². The van der Waals surface area contributed by atoms with Crippen LogP contribution in [0.2, 0.25) is 5.02 Å². The summed E-state index contributed by atoms with van der Waals surface area (Å²) in [4.78, 5) is 18.6. The lowest BCUT2D eigenvalue weighted by Gasteiger charge is -2.36. The van der Waals surface area contributed by atoms with Crippen LogP contribution >= 0.6 is 11.6 Å². The maximum absolute atomic E-state index is 12.4. The molecule has 6 heteroatoms. The largest absolute Gasteiger partial charge is 0.378 e. The van der Waals surface area contributed by atoms with Crippen molar-refractivity contribution in [1.29, 1.82) is 0 Å². The van der Waals surface area contributed by atoms with Crippen LogP contribution in [0.4, 0.5) is 21.9 Å². The highest BCUT2D eigenvalue weighted by Gasteiger charge is 2.21. The van der Waals surface area contributed by atoms with Gasteiger partial charge in [0.05, 0.1) is 0 Å². The molecular formula is C19H23ClN4O. The highest BCUT2D eigenvalue weighted by atomic mass is 35.5. The molecule has 25 heavy (non-hydrogen) atoms. The molecule has 3 rings (SSSR count). The zero-order valence-electron chi connectivity index (χ0n) is 14.6. The normalized spacial score (nSPS) is 14.4. The van der Waals surface area contributed by atoms with E-state index in [0.29, 0.717) is 13.1 Å². The van der Waals surface area contributed by atoms with E-state index in [2.05, 4.69) is 10.2 Å². The van der Waals surface area contributed by atoms with Crippen molar-refractivity contribution in [2.24, 2.45) is 0 Å². The summed E-state index contributed by atoms with van der Waals surface area (Å²) in [7, 11) is 3.99. The molecule has 0 aromatic heterocycles. The molecule has 0 bridgehead atoms. The van der Waals surface area contributed by atoms with Crippen molar-refractivity contribution < 1.29 is 4.79 Å². The summed E-state index contributed by atoms with van der Waals surface area (Å²) in [6, 6.07) is 15.6. The number of amides is 2. The number of benzene rings is 2. The Hall–Kier alpha value is -2.40. The van der Waals surface area contributed by atoms with Gasteiger partial charge in [0.15, 0.2) is 0 Å². The van der Waals surface area contributed by atoms with Crippen molar-refractivity contribution in [2.45, 2.75) is 0 Å². The second-order valence-electron chi connectivity index (χ2n) is 6.32. The Balaban J connectivity index is 1.53. The van der Waals surface area contributed by atoms with Crippen LogP contribution in [0.3, 0.4) is 0 Å². The minimum absolute atomic E-state index is 0.0478. The molecule has 2 aromatic carbocycles. The molecule has 2 amide bonds. The molecule has 1 fully saturated rings. The van der Waals surface area contributed by atoms with Gasteiger partial charge in [0.2, 0.25) is 0 Å². The molecule has 0 atom stereocenters. The Morgan fingerprint density at radius 1 is 0.960 bits per heavy atom. The van der Waals surface area contributed by atoms with Crippen LogP contribution in [0.25, 0.3) is 0 Å². The summed E-state index contributed by atoms with van der Waals surface area (Å²) in [6.07, 6.45) is 0. The fourth-order valence-corrected chi connectivity index (χ4v) is 2.99. The number of carbonyl (C=O) groups excluding carboxylic acids is 1. The second-order valence-corrected chi connectivity index (χ2v) is 6.76. The summed E-state index contributed by atoms with van der Waals surface area (Å²) < 4.78 is 0. The van der Waals surface area contributed by atoms with Gasteiger partial charge >= 0.3 is 6.03 Å². The maximum atomic E-state index is 12.4. The molecule has 1 saturated heterocycles. The monoisotopic (exact) mass is 358 g/mol. The first-order valence-corrected chi connectivity index (χ1v) is 8.74. The lowest BCUT2D eigenvalue weighted by molar-refractivity contribution is 0.208. The van der Waals surface area contributed by atoms with Gasteiger partial charge in [-0.05, 0) is 48.5 Å². The van der Waals surface area contributed by atoms with Crippen LogP contribution in [-0.4, -0.2) is 51.2 Å². The van der Waals surface area contributed by atoms with E-state index in [-0.39, 0.29) is 6.03 Å². The Morgan fingerprint density at radius 2 is 1.56 bits per heavy atom. The van der Waals surface area contributed by atoms with Gasteiger partial charge in [-0.2, -0.15) is 0 Å². The van der Waals surface area contributed by atoms with Crippen LogP contribution in [-0.2, 0) is 0 Å². The first kappa shape index (κ1) is 17.4. The van der Waals surface area contributed by atoms with E-state index >= 15 is 0 Å². The van der Waals surface area contributed by atoms with E-state index in [1.54, 1.807) is 0 Å². The first-order valence-electron chi connectivity index (χ1n) is 8.37. The SMILES string of the molecule is CN(C)c1ccc(NC(=O)N2CCN(c3ccc(Cl)cc3)CC2)cc1. The number of halogens is 1. The van der Waals surface area contributed by atoms with Crippen LogP contribution < -0.4 is 15.1 Å². The molecule has 132 valence electrons. The molecule has 0 aliphatic carbocycles. The number of rotatable bonds is 3. The van der Waals surface area contributed by atoms with E-state index in [0.717, 1.165) is 35.2 Å². The van der Waals surface area contributed by atoms with E-state index in [4.69, 9.17) is 11.6 Å². The number of anilines is 3. The van der Waals surface area contributed by atoms with Gasteiger partial charge in [-0.1, -0.05) is 11.6 Å². The molecule has 0 radical (unpaired) electrons. The van der Waals surface area contributed by atoms with Crippen LogP contribution in [0.15, 0.2) is 48.5 Å². The fourth-order valence-electron chi connectivity index (χ4n) is 2.87. The fraction of sp³-hybridized carbons (Fsp3) is 0.316. The molecule has 1 aliphatic rings. The minimum atomic E-state index is -0.0478. The van der Waals surface area contributed by atoms with Crippen molar-refractivity contribution in [3.63, 3.8) is 0 Å². The van der Waals surface area contributed by atoms with Gasteiger partial charge in [-0.15, -0.1) is 0 Å². The molecule has 2 aromatic rings. The number of hydrogen-bond acceptors (Lipinski definition) is 3. The second kappa shape index (κ2) is 7.66. The van der Waals surface area contributed by atoms with Gasteiger partial charge in [0, 0.05) is 62.4 Å². The van der Waals surface area contributed by atoms with Gasteiger partial charge in [-0.25, -0.2) is 4.79 Å². The minimum Gasteiger partial charge on any atom is -0.378 e. The molecule has 1 N–H and O–H groups in total. The highest BCUT2D eigenvalue weighted by Crippen LogP contribution is 2.20. The highest BCUT2D eigenvalue weighted by molar-refractivity contribution is 6.30. The lowest BCUT2D eigenvalue weighted by Crippen LogP contribution is -2.50. The third-order valence-electron chi connectivity index (χ3n) is 4.39. The number of hydrogen-bond donors (Lipinski definition) is 1. The van der Waals surface area contributed by atoms with Crippen LogP contribution in [0.1, 0.15) is 0 Å². The zero-order valence-corrected chi connectivity index (χ0v) is 15.3. The molecule has 5 nitrogen and oxygen atoms in total. The number of urea groups is 1. The first-order chi connectivity index (χ1) is 12.0. The Labute approximate surface area is 153 Å².